The number of amides is 2. The van der Waals surface area contributed by atoms with Gasteiger partial charge in [0, 0.05) is 23.7 Å². The van der Waals surface area contributed by atoms with Crippen molar-refractivity contribution in [1.82, 2.24) is 4.90 Å². The normalized spacial score (nSPS) is 16.7. The lowest BCUT2D eigenvalue weighted by Gasteiger charge is -2.25. The van der Waals surface area contributed by atoms with Crippen molar-refractivity contribution in [3.8, 4) is 11.8 Å². The monoisotopic (exact) mass is 493 g/mol. The highest BCUT2D eigenvalue weighted by Gasteiger charge is 2.38. The second-order valence-electron chi connectivity index (χ2n) is 9.21. The number of hydrogen-bond acceptors (Lipinski definition) is 4. The number of carbonyl (C=O) groups is 2. The molecule has 2 amide bonds. The van der Waals surface area contributed by atoms with E-state index in [1.807, 2.05) is 47.4 Å². The summed E-state index contributed by atoms with van der Waals surface area (Å²) in [6.07, 6.45) is 5.09. The molecule has 1 heterocycles. The average molecular weight is 494 g/mol. The van der Waals surface area contributed by atoms with Gasteiger partial charge in [-0.15, -0.1) is 6.58 Å². The molecule has 6 nitrogen and oxygen atoms in total. The number of anilines is 1. The van der Waals surface area contributed by atoms with Crippen LogP contribution in [0.3, 0.4) is 0 Å². The number of nitrogens with zero attached hydrogens (tertiary/aromatic N) is 2. The highest BCUT2D eigenvalue weighted by atomic mass is 16.5. The van der Waals surface area contributed by atoms with Gasteiger partial charge in [-0.05, 0) is 79.8 Å². The van der Waals surface area contributed by atoms with Gasteiger partial charge in [0.2, 0.25) is 5.91 Å². The Balaban J connectivity index is 1.32. The summed E-state index contributed by atoms with van der Waals surface area (Å²) in [7, 11) is 0. The molecule has 3 aromatic rings. The lowest BCUT2D eigenvalue weighted by atomic mass is 10.0. The van der Waals surface area contributed by atoms with Gasteiger partial charge in [0.05, 0.1) is 17.7 Å². The maximum atomic E-state index is 13.0. The molecule has 1 N–H and O–H groups in total. The maximum Gasteiger partial charge on any atom is 0.255 e. The number of aryl methyl sites for hydroxylation is 1. The zero-order valence-corrected chi connectivity index (χ0v) is 20.8. The van der Waals surface area contributed by atoms with E-state index in [0.717, 1.165) is 19.3 Å². The van der Waals surface area contributed by atoms with E-state index in [-0.39, 0.29) is 23.8 Å². The van der Waals surface area contributed by atoms with Gasteiger partial charge in [-0.1, -0.05) is 36.4 Å². The standard InChI is InChI=1S/C31H31N3O3/c1-2-7-26-20-28(34(31(26)36)19-6-10-23-8-4-3-5-9-23)22-37-29-17-15-27(16-18-29)33-30(35)25-13-11-24(21-32)12-14-25/h2-5,8-9,11-18,26,28H,1,6-7,10,19-20,22H2,(H,33,35)/t26-,28+/m1/s1. The fourth-order valence-corrected chi connectivity index (χ4v) is 4.64. The van der Waals surface area contributed by atoms with Gasteiger partial charge in [-0.25, -0.2) is 0 Å². The van der Waals surface area contributed by atoms with E-state index in [0.29, 0.717) is 42.1 Å². The molecule has 6 heteroatoms. The number of ether oxygens (including phenoxy) is 1. The first kappa shape index (κ1) is 25.7. The van der Waals surface area contributed by atoms with Gasteiger partial charge in [0.25, 0.3) is 5.91 Å². The van der Waals surface area contributed by atoms with Crippen molar-refractivity contribution in [3.63, 3.8) is 0 Å². The zero-order chi connectivity index (χ0) is 26.0. The first-order valence-electron chi connectivity index (χ1n) is 12.6. The maximum absolute atomic E-state index is 13.0. The highest BCUT2D eigenvalue weighted by molar-refractivity contribution is 6.04. The van der Waals surface area contributed by atoms with Gasteiger partial charge < -0.3 is 15.0 Å². The van der Waals surface area contributed by atoms with Crippen LogP contribution in [0.25, 0.3) is 0 Å². The van der Waals surface area contributed by atoms with E-state index in [2.05, 4.69) is 24.0 Å². The minimum Gasteiger partial charge on any atom is -0.491 e. The topological polar surface area (TPSA) is 82.4 Å². The first-order chi connectivity index (χ1) is 18.1. The molecule has 0 spiro atoms. The minimum absolute atomic E-state index is 0.0176. The summed E-state index contributed by atoms with van der Waals surface area (Å²) in [4.78, 5) is 27.5. The second-order valence-corrected chi connectivity index (χ2v) is 9.21. The van der Waals surface area contributed by atoms with Crippen LogP contribution in [0.2, 0.25) is 0 Å². The van der Waals surface area contributed by atoms with E-state index < -0.39 is 0 Å². The van der Waals surface area contributed by atoms with Gasteiger partial charge in [-0.2, -0.15) is 5.26 Å². The summed E-state index contributed by atoms with van der Waals surface area (Å²) in [5.41, 5.74) is 2.90. The van der Waals surface area contributed by atoms with Crippen molar-refractivity contribution in [2.75, 3.05) is 18.5 Å². The summed E-state index contributed by atoms with van der Waals surface area (Å²) in [6, 6.07) is 26.0. The van der Waals surface area contributed by atoms with Gasteiger partial charge in [0.1, 0.15) is 12.4 Å². The Kier molecular flexibility index (Phi) is 8.72. The number of nitriles is 1. The number of benzene rings is 3. The molecule has 1 aliphatic rings. The number of rotatable bonds is 11. The second kappa shape index (κ2) is 12.5. The van der Waals surface area contributed by atoms with E-state index in [4.69, 9.17) is 10.00 Å². The van der Waals surface area contributed by atoms with Gasteiger partial charge >= 0.3 is 0 Å². The molecule has 37 heavy (non-hydrogen) atoms. The van der Waals surface area contributed by atoms with E-state index in [1.54, 1.807) is 36.4 Å². The van der Waals surface area contributed by atoms with Gasteiger partial charge in [-0.3, -0.25) is 9.59 Å². The molecular formula is C31H31N3O3. The summed E-state index contributed by atoms with van der Waals surface area (Å²) in [5.74, 6) is 0.576. The fraction of sp³-hybridized carbons (Fsp3) is 0.258. The Hall–Kier alpha value is -4.37. The molecule has 0 radical (unpaired) electrons. The van der Waals surface area contributed by atoms with Gasteiger partial charge in [0.15, 0.2) is 0 Å². The smallest absolute Gasteiger partial charge is 0.255 e. The average Bonchev–Trinajstić information content (AvgIpc) is 3.23. The van der Waals surface area contributed by atoms with E-state index in [9.17, 15) is 9.59 Å². The van der Waals surface area contributed by atoms with Crippen molar-refractivity contribution in [3.05, 3.63) is 108 Å². The molecule has 1 saturated heterocycles. The van der Waals surface area contributed by atoms with E-state index >= 15 is 0 Å². The molecule has 0 bridgehead atoms. The van der Waals surface area contributed by atoms with Crippen LogP contribution in [-0.2, 0) is 11.2 Å². The molecule has 0 aliphatic carbocycles. The molecule has 3 aromatic carbocycles. The first-order valence-corrected chi connectivity index (χ1v) is 12.6. The molecule has 188 valence electrons. The largest absolute Gasteiger partial charge is 0.491 e. The Morgan fingerprint density at radius 3 is 2.49 bits per heavy atom. The van der Waals surface area contributed by atoms with Crippen LogP contribution in [0.15, 0.2) is 91.5 Å². The zero-order valence-electron chi connectivity index (χ0n) is 20.8. The van der Waals surface area contributed by atoms with Crippen molar-refractivity contribution in [2.24, 2.45) is 5.92 Å². The molecule has 1 fully saturated rings. The number of carbonyl (C=O) groups excluding carboxylic acids is 2. The molecular weight excluding hydrogens is 462 g/mol. The van der Waals surface area contributed by atoms with Crippen molar-refractivity contribution < 1.29 is 14.3 Å². The van der Waals surface area contributed by atoms with Crippen LogP contribution in [0.5, 0.6) is 5.75 Å². The predicted molar refractivity (Wildman–Crippen MR) is 144 cm³/mol. The highest BCUT2D eigenvalue weighted by Crippen LogP contribution is 2.29. The molecule has 4 rings (SSSR count). The van der Waals surface area contributed by atoms with Crippen molar-refractivity contribution in [2.45, 2.75) is 31.7 Å². The lowest BCUT2D eigenvalue weighted by Crippen LogP contribution is -2.38. The number of allylic oxidation sites excluding steroid dienone is 1. The Morgan fingerprint density at radius 2 is 1.81 bits per heavy atom. The van der Waals surface area contributed by atoms with Crippen LogP contribution in [-0.4, -0.2) is 35.9 Å². The molecule has 1 aliphatic heterocycles. The van der Waals surface area contributed by atoms with Crippen LogP contribution in [0.4, 0.5) is 5.69 Å². The van der Waals surface area contributed by atoms with Crippen molar-refractivity contribution in [1.29, 1.82) is 5.26 Å². The number of hydrogen-bond donors (Lipinski definition) is 1. The Morgan fingerprint density at radius 1 is 1.08 bits per heavy atom. The molecule has 0 unspecified atom stereocenters. The minimum atomic E-state index is -0.248. The summed E-state index contributed by atoms with van der Waals surface area (Å²) >= 11 is 0. The number of likely N-dealkylation sites (tertiary alicyclic amines) is 1. The van der Waals surface area contributed by atoms with Crippen LogP contribution in [0, 0.1) is 17.2 Å². The van der Waals surface area contributed by atoms with Crippen molar-refractivity contribution >= 4 is 17.5 Å². The third-order valence-corrected chi connectivity index (χ3v) is 6.62. The van der Waals surface area contributed by atoms with Crippen LogP contribution >= 0.6 is 0 Å². The third kappa shape index (κ3) is 6.86. The Bertz CT molecular complexity index is 1250. The van der Waals surface area contributed by atoms with E-state index in [1.165, 1.54) is 5.56 Å². The van der Waals surface area contributed by atoms with Crippen LogP contribution < -0.4 is 10.1 Å². The quantitative estimate of drug-likeness (QED) is 0.352. The third-order valence-electron chi connectivity index (χ3n) is 6.62. The fourth-order valence-electron chi connectivity index (χ4n) is 4.64. The Labute approximate surface area is 218 Å². The molecule has 0 saturated carbocycles. The molecule has 0 aromatic heterocycles. The molecule has 2 atom stereocenters. The summed E-state index contributed by atoms with van der Waals surface area (Å²) < 4.78 is 6.07. The summed E-state index contributed by atoms with van der Waals surface area (Å²) in [6.45, 7) is 4.94. The number of nitrogens with one attached hydrogen (secondary N) is 1. The van der Waals surface area contributed by atoms with Crippen LogP contribution in [0.1, 0.15) is 40.7 Å². The summed E-state index contributed by atoms with van der Waals surface area (Å²) in [5, 5.41) is 11.8. The lowest BCUT2D eigenvalue weighted by molar-refractivity contribution is -0.132. The predicted octanol–water partition coefficient (Wildman–Crippen LogP) is 5.62. The SMILES string of the molecule is C=CC[C@@H]1C[C@@H](COc2ccc(NC(=O)c3ccc(C#N)cc3)cc2)N(CCCc2ccccc2)C1=O.